The van der Waals surface area contributed by atoms with Gasteiger partial charge in [0.05, 0.1) is 26.4 Å². The largest absolute Gasteiger partial charge is 0.472 e. The summed E-state index contributed by atoms with van der Waals surface area (Å²) in [5.74, 6) is 0.824. The fraction of sp³-hybridized carbons (Fsp3) is 0.945. The highest BCUT2D eigenvalue weighted by Crippen LogP contribution is 2.45. The fourth-order valence-corrected chi connectivity index (χ4v) is 12.6. The van der Waals surface area contributed by atoms with E-state index < -0.39 is 97.5 Å². The summed E-state index contributed by atoms with van der Waals surface area (Å²) in [5, 5.41) is 10.6. The quantitative estimate of drug-likeness (QED) is 0.0222. The zero-order valence-corrected chi connectivity index (χ0v) is 62.0. The lowest BCUT2D eigenvalue weighted by atomic mass is 10.0. The molecule has 2 unspecified atom stereocenters. The van der Waals surface area contributed by atoms with E-state index in [1.54, 1.807) is 0 Å². The fourth-order valence-electron chi connectivity index (χ4n) is 11.0. The van der Waals surface area contributed by atoms with Crippen LogP contribution in [0.3, 0.4) is 0 Å². The highest BCUT2D eigenvalue weighted by Gasteiger charge is 2.30. The Kier molecular flexibility index (Phi) is 61.3. The number of hydrogen-bond acceptors (Lipinski definition) is 15. The first-order valence-electron chi connectivity index (χ1n) is 37.7. The van der Waals surface area contributed by atoms with Crippen LogP contribution < -0.4 is 0 Å². The molecule has 0 heterocycles. The van der Waals surface area contributed by atoms with E-state index in [9.17, 15) is 43.2 Å². The van der Waals surface area contributed by atoms with Gasteiger partial charge in [-0.05, 0) is 49.4 Å². The summed E-state index contributed by atoms with van der Waals surface area (Å²) in [4.78, 5) is 72.6. The van der Waals surface area contributed by atoms with Crippen LogP contribution in [-0.4, -0.2) is 96.7 Å². The summed E-state index contributed by atoms with van der Waals surface area (Å²) in [6, 6.07) is 0. The molecule has 0 radical (unpaired) electrons. The second-order valence-corrected chi connectivity index (χ2v) is 31.1. The number of carbonyl (C=O) groups excluding carboxylic acids is 4. The Hall–Kier alpha value is -1.94. The smallest absolute Gasteiger partial charge is 0.462 e. The monoisotopic (exact) mass is 1350 g/mol. The molecule has 5 atom stereocenters. The van der Waals surface area contributed by atoms with Gasteiger partial charge in [-0.1, -0.05) is 312 Å². The maximum absolute atomic E-state index is 13.1. The molecule has 0 saturated heterocycles. The molecule has 0 aliphatic rings. The Bertz CT molecular complexity index is 1820. The van der Waals surface area contributed by atoms with E-state index in [0.717, 1.165) is 108 Å². The third-order valence-electron chi connectivity index (χ3n) is 16.8. The molecule has 0 aromatic heterocycles. The van der Waals surface area contributed by atoms with E-state index in [1.165, 1.54) is 161 Å². The number of ether oxygens (including phenoxy) is 4. The van der Waals surface area contributed by atoms with Crippen molar-refractivity contribution in [2.45, 2.75) is 382 Å². The van der Waals surface area contributed by atoms with Gasteiger partial charge >= 0.3 is 39.5 Å². The molecule has 0 fully saturated rings. The minimum atomic E-state index is -4.96. The molecule has 0 aromatic carbocycles. The normalized spacial score (nSPS) is 14.2. The lowest BCUT2D eigenvalue weighted by Gasteiger charge is -2.21. The van der Waals surface area contributed by atoms with Gasteiger partial charge in [-0.2, -0.15) is 0 Å². The van der Waals surface area contributed by atoms with Gasteiger partial charge in [0.1, 0.15) is 19.3 Å². The van der Waals surface area contributed by atoms with Crippen molar-refractivity contribution in [3.8, 4) is 0 Å². The Morgan fingerprint density at radius 1 is 0.272 bits per heavy atom. The molecule has 0 rings (SSSR count). The van der Waals surface area contributed by atoms with Gasteiger partial charge < -0.3 is 33.8 Å². The predicted octanol–water partition coefficient (Wildman–Crippen LogP) is 20.9. The standard InChI is InChI=1S/C73H142O17P2/c1-63(2)49-41-33-25-20-16-13-11-9-10-12-14-18-22-28-37-45-53-70(75)83-59-68(89-72(77)55-47-39-29-23-19-15-17-21-26-34-42-50-64(3)4)61-87-91(79,80)85-57-67(74)58-86-92(81,82)88-62-69(60-84-71(76)54-46-38-32-31-36-44-52-66(7)8)90-73(78)56-48-40-30-24-27-35-43-51-65(5)6/h63-69,74H,9-62H2,1-8H3,(H,79,80)(H,81,82)/t67-,68-,69-/m1/s1. The molecule has 546 valence electrons. The first-order chi connectivity index (χ1) is 44.1. The zero-order chi connectivity index (χ0) is 68.2. The SMILES string of the molecule is CC(C)CCCCCCCCCCCCCCCCCCC(=O)OC[C@H](COP(=O)(O)OC[C@@H](O)COP(=O)(O)OC[C@@H](COC(=O)CCCCCCCCC(C)C)OC(=O)CCCCCCCCCC(C)C)OC(=O)CCCCCCCCCCCCCC(C)C. The van der Waals surface area contributed by atoms with Gasteiger partial charge in [0.25, 0.3) is 0 Å². The number of aliphatic hydroxyl groups is 1. The molecule has 0 aliphatic carbocycles. The number of carbonyl (C=O) groups is 4. The average molecular weight is 1350 g/mol. The van der Waals surface area contributed by atoms with Crippen molar-refractivity contribution in [2.75, 3.05) is 39.6 Å². The van der Waals surface area contributed by atoms with Crippen LogP contribution in [0.4, 0.5) is 0 Å². The molecule has 17 nitrogen and oxygen atoms in total. The van der Waals surface area contributed by atoms with Gasteiger partial charge in [0.2, 0.25) is 0 Å². The van der Waals surface area contributed by atoms with E-state index in [4.69, 9.17) is 37.0 Å². The first-order valence-corrected chi connectivity index (χ1v) is 40.7. The third kappa shape index (κ3) is 66.7. The van der Waals surface area contributed by atoms with Crippen LogP contribution in [0.25, 0.3) is 0 Å². The summed E-state index contributed by atoms with van der Waals surface area (Å²) in [7, 11) is -9.90. The van der Waals surface area contributed by atoms with Crippen LogP contribution in [0.5, 0.6) is 0 Å². The molecule has 0 aromatic rings. The topological polar surface area (TPSA) is 237 Å². The minimum Gasteiger partial charge on any atom is -0.462 e. The van der Waals surface area contributed by atoms with Crippen LogP contribution in [0.1, 0.15) is 364 Å². The van der Waals surface area contributed by atoms with Crippen molar-refractivity contribution < 1.29 is 80.2 Å². The van der Waals surface area contributed by atoms with Crippen LogP contribution in [0.2, 0.25) is 0 Å². The summed E-state index contributed by atoms with van der Waals surface area (Å²) >= 11 is 0. The predicted molar refractivity (Wildman–Crippen MR) is 372 cm³/mol. The first kappa shape index (κ1) is 90.1. The van der Waals surface area contributed by atoms with Crippen molar-refractivity contribution in [1.29, 1.82) is 0 Å². The number of rotatable bonds is 70. The van der Waals surface area contributed by atoms with Gasteiger partial charge in [-0.3, -0.25) is 37.3 Å². The molecule has 0 bridgehead atoms. The van der Waals surface area contributed by atoms with E-state index in [0.29, 0.717) is 37.5 Å². The molecule has 92 heavy (non-hydrogen) atoms. The number of phosphoric ester groups is 2. The maximum Gasteiger partial charge on any atom is 0.472 e. The average Bonchev–Trinajstić information content (AvgIpc) is 3.65. The van der Waals surface area contributed by atoms with Gasteiger partial charge in [0.15, 0.2) is 12.2 Å². The van der Waals surface area contributed by atoms with Crippen molar-refractivity contribution in [3.63, 3.8) is 0 Å². The summed E-state index contributed by atoms with van der Waals surface area (Å²) in [6.45, 7) is 14.1. The molecule has 0 saturated carbocycles. The van der Waals surface area contributed by atoms with E-state index in [2.05, 4.69) is 55.4 Å². The molecular weight excluding hydrogens is 1210 g/mol. The minimum absolute atomic E-state index is 0.102. The van der Waals surface area contributed by atoms with E-state index in [-0.39, 0.29) is 25.7 Å². The van der Waals surface area contributed by atoms with E-state index >= 15 is 0 Å². The van der Waals surface area contributed by atoms with Crippen molar-refractivity contribution in [2.24, 2.45) is 23.7 Å². The lowest BCUT2D eigenvalue weighted by Crippen LogP contribution is -2.30. The Labute approximate surface area is 562 Å². The summed E-state index contributed by atoms with van der Waals surface area (Å²) in [5.41, 5.74) is 0. The highest BCUT2D eigenvalue weighted by atomic mass is 31.2. The number of aliphatic hydroxyl groups excluding tert-OH is 1. The molecule has 0 aliphatic heterocycles. The molecule has 0 amide bonds. The number of unbranched alkanes of at least 4 members (excludes halogenated alkanes) is 36. The van der Waals surface area contributed by atoms with Crippen LogP contribution >= 0.6 is 15.6 Å². The van der Waals surface area contributed by atoms with Gasteiger partial charge in [0, 0.05) is 25.7 Å². The third-order valence-corrected chi connectivity index (χ3v) is 18.7. The van der Waals surface area contributed by atoms with Crippen LogP contribution in [0.15, 0.2) is 0 Å². The Morgan fingerprint density at radius 3 is 0.674 bits per heavy atom. The Morgan fingerprint density at radius 2 is 0.457 bits per heavy atom. The van der Waals surface area contributed by atoms with Crippen molar-refractivity contribution in [1.82, 2.24) is 0 Å². The van der Waals surface area contributed by atoms with Gasteiger partial charge in [-0.15, -0.1) is 0 Å². The molecule has 3 N–H and O–H groups in total. The van der Waals surface area contributed by atoms with Crippen molar-refractivity contribution >= 4 is 39.5 Å². The molecule has 19 heteroatoms. The number of phosphoric acid groups is 2. The number of hydrogen-bond donors (Lipinski definition) is 3. The van der Waals surface area contributed by atoms with Crippen LogP contribution in [-0.2, 0) is 65.4 Å². The maximum atomic E-state index is 13.1. The second kappa shape index (κ2) is 62.6. The number of esters is 4. The zero-order valence-electron chi connectivity index (χ0n) is 60.2. The summed E-state index contributed by atoms with van der Waals surface area (Å²) in [6.07, 6.45) is 46.2. The van der Waals surface area contributed by atoms with Crippen LogP contribution in [0, 0.1) is 23.7 Å². The van der Waals surface area contributed by atoms with Gasteiger partial charge in [-0.25, -0.2) is 9.13 Å². The molecule has 0 spiro atoms. The lowest BCUT2D eigenvalue weighted by molar-refractivity contribution is -0.161. The second-order valence-electron chi connectivity index (χ2n) is 28.2. The summed E-state index contributed by atoms with van der Waals surface area (Å²) < 4.78 is 68.3. The molecular formula is C73H142O17P2. The highest BCUT2D eigenvalue weighted by molar-refractivity contribution is 7.47. The Balaban J connectivity index is 5.20. The van der Waals surface area contributed by atoms with E-state index in [1.807, 2.05) is 0 Å². The van der Waals surface area contributed by atoms with Crippen molar-refractivity contribution in [3.05, 3.63) is 0 Å².